The van der Waals surface area contributed by atoms with E-state index in [9.17, 15) is 14.7 Å². The number of likely N-dealkylation sites (tertiary alicyclic amines) is 1. The Balaban J connectivity index is 1.98. The molecule has 0 saturated carbocycles. The molecule has 1 aliphatic heterocycles. The summed E-state index contributed by atoms with van der Waals surface area (Å²) in [6.07, 6.45) is 0.866. The second kappa shape index (κ2) is 4.64. The molecular formula is C14H14N2O4. The first kappa shape index (κ1) is 12.7. The Kier molecular flexibility index (Phi) is 2.94. The molecule has 6 nitrogen and oxygen atoms in total. The molecule has 1 unspecified atom stereocenters. The molecule has 0 radical (unpaired) electrons. The number of carboxylic acid groups (broad SMARTS) is 1. The summed E-state index contributed by atoms with van der Waals surface area (Å²) in [5.41, 5.74) is 1.25. The minimum absolute atomic E-state index is 0.0509. The molecule has 0 aliphatic carbocycles. The van der Waals surface area contributed by atoms with E-state index in [1.54, 1.807) is 12.3 Å². The van der Waals surface area contributed by atoms with E-state index in [1.165, 1.54) is 4.90 Å². The van der Waals surface area contributed by atoms with Gasteiger partial charge >= 0.3 is 5.97 Å². The van der Waals surface area contributed by atoms with Gasteiger partial charge in [-0.05, 0) is 6.07 Å². The number of aromatic nitrogens is 1. The molecule has 1 fully saturated rings. The van der Waals surface area contributed by atoms with Gasteiger partial charge in [0.2, 0.25) is 0 Å². The van der Waals surface area contributed by atoms with Crippen LogP contribution >= 0.6 is 0 Å². The zero-order valence-electron chi connectivity index (χ0n) is 10.6. The van der Waals surface area contributed by atoms with Crippen LogP contribution in [-0.4, -0.2) is 50.7 Å². The number of hydrogen-bond donors (Lipinski definition) is 3. The number of aliphatic carboxylic acids is 1. The maximum absolute atomic E-state index is 12.5. The topological polar surface area (TPSA) is 93.6 Å². The first-order valence-corrected chi connectivity index (χ1v) is 6.36. The lowest BCUT2D eigenvalue weighted by molar-refractivity contribution is -0.141. The van der Waals surface area contributed by atoms with Crippen LogP contribution in [0.3, 0.4) is 0 Å². The molecular weight excluding hydrogens is 260 g/mol. The number of carboxylic acids is 1. The number of aromatic amines is 1. The minimum Gasteiger partial charge on any atom is -0.480 e. The number of fused-ring (bicyclic) bond motifs is 1. The van der Waals surface area contributed by atoms with Gasteiger partial charge in [0.15, 0.2) is 0 Å². The Labute approximate surface area is 114 Å². The number of para-hydroxylation sites is 1. The average Bonchev–Trinajstić information content (AvgIpc) is 3.01. The van der Waals surface area contributed by atoms with Crippen molar-refractivity contribution in [3.8, 4) is 0 Å². The third-order valence-electron chi connectivity index (χ3n) is 3.64. The van der Waals surface area contributed by atoms with Crippen molar-refractivity contribution in [1.82, 2.24) is 9.88 Å². The molecule has 1 saturated heterocycles. The molecule has 3 N–H and O–H groups in total. The van der Waals surface area contributed by atoms with Gasteiger partial charge < -0.3 is 20.1 Å². The fourth-order valence-corrected chi connectivity index (χ4v) is 2.68. The number of nitrogens with zero attached hydrogens (tertiary/aromatic N) is 1. The van der Waals surface area contributed by atoms with Crippen molar-refractivity contribution in [3.63, 3.8) is 0 Å². The molecule has 1 aromatic carbocycles. The predicted octanol–water partition coefficient (Wildman–Crippen LogP) is 0.828. The molecule has 2 heterocycles. The van der Waals surface area contributed by atoms with E-state index in [1.807, 2.05) is 18.2 Å². The number of benzene rings is 1. The van der Waals surface area contributed by atoms with E-state index in [0.29, 0.717) is 5.56 Å². The SMILES string of the molecule is O=C(O)[C@@H]1CC(O)CN1C(=O)c1c[nH]c2ccccc12. The summed E-state index contributed by atoms with van der Waals surface area (Å²) < 4.78 is 0. The maximum atomic E-state index is 12.5. The highest BCUT2D eigenvalue weighted by molar-refractivity contribution is 6.07. The van der Waals surface area contributed by atoms with Crippen LogP contribution < -0.4 is 0 Å². The van der Waals surface area contributed by atoms with Crippen molar-refractivity contribution >= 4 is 22.8 Å². The Bertz CT molecular complexity index is 679. The zero-order chi connectivity index (χ0) is 14.3. The Morgan fingerprint density at radius 1 is 1.30 bits per heavy atom. The van der Waals surface area contributed by atoms with Crippen LogP contribution in [0.1, 0.15) is 16.8 Å². The van der Waals surface area contributed by atoms with Gasteiger partial charge in [-0.3, -0.25) is 4.79 Å². The molecule has 104 valence electrons. The first-order valence-electron chi connectivity index (χ1n) is 6.36. The highest BCUT2D eigenvalue weighted by Gasteiger charge is 2.39. The van der Waals surface area contributed by atoms with Gasteiger partial charge in [0.05, 0.1) is 11.7 Å². The van der Waals surface area contributed by atoms with Crippen LogP contribution in [0.15, 0.2) is 30.5 Å². The van der Waals surface area contributed by atoms with E-state index in [4.69, 9.17) is 5.11 Å². The number of aliphatic hydroxyl groups is 1. The Hall–Kier alpha value is -2.34. The number of carbonyl (C=O) groups excluding carboxylic acids is 1. The second-order valence-electron chi connectivity index (χ2n) is 4.95. The molecule has 1 aromatic heterocycles. The normalized spacial score (nSPS) is 22.4. The minimum atomic E-state index is -1.09. The third-order valence-corrected chi connectivity index (χ3v) is 3.64. The lowest BCUT2D eigenvalue weighted by Gasteiger charge is -2.20. The van der Waals surface area contributed by atoms with E-state index in [0.717, 1.165) is 10.9 Å². The van der Waals surface area contributed by atoms with Gasteiger partial charge in [0.1, 0.15) is 6.04 Å². The summed E-state index contributed by atoms with van der Waals surface area (Å²) in [7, 11) is 0. The smallest absolute Gasteiger partial charge is 0.326 e. The number of H-pyrrole nitrogens is 1. The van der Waals surface area contributed by atoms with Crippen LogP contribution in [0, 0.1) is 0 Å². The second-order valence-corrected chi connectivity index (χ2v) is 4.95. The predicted molar refractivity (Wildman–Crippen MR) is 71.4 cm³/mol. The van der Waals surface area contributed by atoms with Crippen molar-refractivity contribution in [2.75, 3.05) is 6.54 Å². The molecule has 20 heavy (non-hydrogen) atoms. The van der Waals surface area contributed by atoms with Crippen molar-refractivity contribution in [1.29, 1.82) is 0 Å². The molecule has 6 heteroatoms. The summed E-state index contributed by atoms with van der Waals surface area (Å²) in [6.45, 7) is 0.0509. The van der Waals surface area contributed by atoms with E-state index in [-0.39, 0.29) is 18.9 Å². The maximum Gasteiger partial charge on any atom is 0.326 e. The summed E-state index contributed by atoms with van der Waals surface area (Å²) in [5, 5.41) is 19.5. The Morgan fingerprint density at radius 3 is 2.80 bits per heavy atom. The molecule has 1 aliphatic rings. The molecule has 0 spiro atoms. The third kappa shape index (κ3) is 1.94. The van der Waals surface area contributed by atoms with Gasteiger partial charge in [-0.2, -0.15) is 0 Å². The van der Waals surface area contributed by atoms with Crippen molar-refractivity contribution in [2.24, 2.45) is 0 Å². The van der Waals surface area contributed by atoms with E-state index < -0.39 is 18.1 Å². The standard InChI is InChI=1S/C14H14N2O4/c17-8-5-12(14(19)20)16(7-8)13(18)10-6-15-11-4-2-1-3-9(10)11/h1-4,6,8,12,15,17H,5,7H2,(H,19,20)/t8?,12-/m0/s1. The number of carbonyl (C=O) groups is 2. The lowest BCUT2D eigenvalue weighted by Crippen LogP contribution is -2.40. The van der Waals surface area contributed by atoms with Gasteiger partial charge in [0, 0.05) is 30.1 Å². The number of amides is 1. The molecule has 2 atom stereocenters. The first-order chi connectivity index (χ1) is 9.58. The average molecular weight is 274 g/mol. The molecule has 2 aromatic rings. The van der Waals surface area contributed by atoms with Crippen LogP contribution in [-0.2, 0) is 4.79 Å². The number of rotatable bonds is 2. The fraction of sp³-hybridized carbons (Fsp3) is 0.286. The summed E-state index contributed by atoms with van der Waals surface area (Å²) in [6, 6.07) is 6.36. The van der Waals surface area contributed by atoms with Crippen LogP contribution in [0.2, 0.25) is 0 Å². The summed E-state index contributed by atoms with van der Waals surface area (Å²) in [5.74, 6) is -1.46. The molecule has 3 rings (SSSR count). The van der Waals surface area contributed by atoms with E-state index >= 15 is 0 Å². The largest absolute Gasteiger partial charge is 0.480 e. The molecule has 1 amide bonds. The van der Waals surface area contributed by atoms with Crippen LogP contribution in [0.25, 0.3) is 10.9 Å². The quantitative estimate of drug-likeness (QED) is 0.756. The van der Waals surface area contributed by atoms with Gasteiger partial charge in [-0.1, -0.05) is 18.2 Å². The van der Waals surface area contributed by atoms with Gasteiger partial charge in [-0.15, -0.1) is 0 Å². The highest BCUT2D eigenvalue weighted by Crippen LogP contribution is 2.25. The van der Waals surface area contributed by atoms with Crippen molar-refractivity contribution in [2.45, 2.75) is 18.6 Å². The van der Waals surface area contributed by atoms with Crippen LogP contribution in [0.5, 0.6) is 0 Å². The van der Waals surface area contributed by atoms with Gasteiger partial charge in [0.25, 0.3) is 5.91 Å². The van der Waals surface area contributed by atoms with Gasteiger partial charge in [-0.25, -0.2) is 4.79 Å². The highest BCUT2D eigenvalue weighted by atomic mass is 16.4. The van der Waals surface area contributed by atoms with Crippen LogP contribution in [0.4, 0.5) is 0 Å². The number of aliphatic hydroxyl groups excluding tert-OH is 1. The Morgan fingerprint density at radius 2 is 2.05 bits per heavy atom. The van der Waals surface area contributed by atoms with Crippen molar-refractivity contribution < 1.29 is 19.8 Å². The van der Waals surface area contributed by atoms with Crippen molar-refractivity contribution in [3.05, 3.63) is 36.0 Å². The molecule has 0 bridgehead atoms. The number of nitrogens with one attached hydrogen (secondary N) is 1. The monoisotopic (exact) mass is 274 g/mol. The lowest BCUT2D eigenvalue weighted by atomic mass is 10.1. The number of hydrogen-bond acceptors (Lipinski definition) is 3. The zero-order valence-corrected chi connectivity index (χ0v) is 10.6. The summed E-state index contributed by atoms with van der Waals surface area (Å²) >= 11 is 0. The number of β-amino-alcohol motifs (C(OH)–C–C–N with tert-alkyl or cyclic N) is 1. The fourth-order valence-electron chi connectivity index (χ4n) is 2.68. The van der Waals surface area contributed by atoms with E-state index in [2.05, 4.69) is 4.98 Å². The summed E-state index contributed by atoms with van der Waals surface area (Å²) in [4.78, 5) is 27.9.